The molecule has 0 bridgehead atoms. The van der Waals surface area contributed by atoms with Crippen LogP contribution in [0.5, 0.6) is 0 Å². The number of halogens is 1. The molecule has 1 aliphatic rings. The highest BCUT2D eigenvalue weighted by molar-refractivity contribution is 9.10. The van der Waals surface area contributed by atoms with Crippen molar-refractivity contribution in [1.29, 1.82) is 0 Å². The second-order valence-corrected chi connectivity index (χ2v) is 6.10. The minimum atomic E-state index is -0.703. The Morgan fingerprint density at radius 3 is 2.47 bits per heavy atom. The van der Waals surface area contributed by atoms with Crippen molar-refractivity contribution in [2.45, 2.75) is 20.3 Å². The predicted molar refractivity (Wildman–Crippen MR) is 73.6 cm³/mol. The van der Waals surface area contributed by atoms with Crippen molar-refractivity contribution in [2.75, 3.05) is 6.54 Å². The van der Waals surface area contributed by atoms with Crippen molar-refractivity contribution in [3.8, 4) is 0 Å². The molecule has 0 saturated carbocycles. The molecule has 0 atom stereocenters. The second-order valence-electron chi connectivity index (χ2n) is 5.25. The number of carbonyl (C=O) groups excluding carboxylic acids is 3. The van der Waals surface area contributed by atoms with Crippen LogP contribution in [-0.2, 0) is 9.59 Å². The van der Waals surface area contributed by atoms with E-state index in [4.69, 9.17) is 0 Å². The van der Waals surface area contributed by atoms with Gasteiger partial charge in [0, 0.05) is 16.5 Å². The summed E-state index contributed by atoms with van der Waals surface area (Å²) in [5.74, 6) is -0.805. The van der Waals surface area contributed by atoms with Crippen LogP contribution in [0.1, 0.15) is 30.6 Å². The summed E-state index contributed by atoms with van der Waals surface area (Å²) in [5.41, 5.74) is -0.224. The van der Waals surface area contributed by atoms with Gasteiger partial charge in [-0.25, -0.2) is 0 Å². The molecule has 0 radical (unpaired) electrons. The monoisotopic (exact) mass is 323 g/mol. The Labute approximate surface area is 119 Å². The maximum Gasteiger partial charge on any atom is 0.235 e. The van der Waals surface area contributed by atoms with Gasteiger partial charge in [0.25, 0.3) is 0 Å². The van der Waals surface area contributed by atoms with E-state index in [0.29, 0.717) is 10.0 Å². The lowest BCUT2D eigenvalue weighted by atomic mass is 9.92. The Morgan fingerprint density at radius 2 is 1.95 bits per heavy atom. The van der Waals surface area contributed by atoms with Gasteiger partial charge in [0.1, 0.15) is 0 Å². The Kier molecular flexibility index (Phi) is 3.58. The molecule has 1 aliphatic heterocycles. The maximum absolute atomic E-state index is 12.1. The molecule has 0 N–H and O–H groups in total. The number of nitrogens with zero attached hydrogens (tertiary/aromatic N) is 1. The van der Waals surface area contributed by atoms with Crippen LogP contribution in [0.2, 0.25) is 0 Å². The van der Waals surface area contributed by atoms with Crippen molar-refractivity contribution in [3.05, 3.63) is 34.3 Å². The van der Waals surface area contributed by atoms with Crippen molar-refractivity contribution in [2.24, 2.45) is 5.41 Å². The van der Waals surface area contributed by atoms with Gasteiger partial charge < -0.3 is 0 Å². The van der Waals surface area contributed by atoms with E-state index in [0.717, 1.165) is 4.90 Å². The third kappa shape index (κ3) is 2.61. The number of imide groups is 1. The molecule has 4 nitrogen and oxygen atoms in total. The van der Waals surface area contributed by atoms with Crippen LogP contribution < -0.4 is 0 Å². The highest BCUT2D eigenvalue weighted by Gasteiger charge is 2.45. The first-order chi connectivity index (χ1) is 8.83. The van der Waals surface area contributed by atoms with Crippen LogP contribution in [0.25, 0.3) is 0 Å². The lowest BCUT2D eigenvalue weighted by Gasteiger charge is -2.17. The summed E-state index contributed by atoms with van der Waals surface area (Å²) in [7, 11) is 0. The number of rotatable bonds is 3. The van der Waals surface area contributed by atoms with Gasteiger partial charge in [-0.15, -0.1) is 0 Å². The van der Waals surface area contributed by atoms with Gasteiger partial charge in [-0.2, -0.15) is 0 Å². The smallest absolute Gasteiger partial charge is 0.235 e. The fourth-order valence-corrected chi connectivity index (χ4v) is 2.61. The van der Waals surface area contributed by atoms with Gasteiger partial charge in [0.05, 0.1) is 12.0 Å². The molecule has 1 fully saturated rings. The van der Waals surface area contributed by atoms with Gasteiger partial charge in [0.15, 0.2) is 5.78 Å². The van der Waals surface area contributed by atoms with Gasteiger partial charge in [-0.05, 0) is 6.07 Å². The summed E-state index contributed by atoms with van der Waals surface area (Å²) in [6.45, 7) is 3.25. The third-order valence-electron chi connectivity index (χ3n) is 3.19. The zero-order valence-corrected chi connectivity index (χ0v) is 12.4. The zero-order valence-electron chi connectivity index (χ0n) is 10.8. The maximum atomic E-state index is 12.1. The van der Waals surface area contributed by atoms with E-state index in [1.165, 1.54) is 0 Å². The van der Waals surface area contributed by atoms with Crippen LogP contribution in [-0.4, -0.2) is 29.0 Å². The zero-order chi connectivity index (χ0) is 14.2. The van der Waals surface area contributed by atoms with Crippen molar-refractivity contribution in [1.82, 2.24) is 4.90 Å². The molecular weight excluding hydrogens is 310 g/mol. The number of benzene rings is 1. The van der Waals surface area contributed by atoms with Crippen LogP contribution >= 0.6 is 15.9 Å². The minimum Gasteiger partial charge on any atom is -0.292 e. The standard InChI is InChI=1S/C14H14BrNO3/c1-14(2)7-12(18)16(13(14)19)8-11(17)9-5-3-4-6-10(9)15/h3-6H,7-8H2,1-2H3. The number of carbonyl (C=O) groups is 3. The summed E-state index contributed by atoms with van der Waals surface area (Å²) in [4.78, 5) is 37.0. The Balaban J connectivity index is 2.19. The molecule has 0 spiro atoms. The number of ketones is 1. The highest BCUT2D eigenvalue weighted by Crippen LogP contribution is 2.31. The topological polar surface area (TPSA) is 54.5 Å². The number of hydrogen-bond donors (Lipinski definition) is 0. The van der Waals surface area contributed by atoms with E-state index >= 15 is 0 Å². The molecule has 1 heterocycles. The van der Waals surface area contributed by atoms with Gasteiger partial charge in [-0.1, -0.05) is 48.0 Å². The first-order valence-electron chi connectivity index (χ1n) is 5.95. The molecule has 0 unspecified atom stereocenters. The summed E-state index contributed by atoms with van der Waals surface area (Å²) in [6.07, 6.45) is 0.162. The third-order valence-corrected chi connectivity index (χ3v) is 3.89. The lowest BCUT2D eigenvalue weighted by molar-refractivity contribution is -0.140. The molecule has 2 amide bonds. The molecule has 100 valence electrons. The molecule has 1 saturated heterocycles. The van der Waals surface area contributed by atoms with Crippen LogP contribution in [0.15, 0.2) is 28.7 Å². The highest BCUT2D eigenvalue weighted by atomic mass is 79.9. The summed E-state index contributed by atoms with van der Waals surface area (Å²) in [6, 6.07) is 6.97. The first kappa shape index (κ1) is 13.9. The lowest BCUT2D eigenvalue weighted by Crippen LogP contribution is -2.37. The molecule has 2 rings (SSSR count). The SMILES string of the molecule is CC1(C)CC(=O)N(CC(=O)c2ccccc2Br)C1=O. The van der Waals surface area contributed by atoms with E-state index in [2.05, 4.69) is 15.9 Å². The summed E-state index contributed by atoms with van der Waals surface area (Å²) >= 11 is 3.29. The normalized spacial score (nSPS) is 17.9. The quantitative estimate of drug-likeness (QED) is 0.634. The number of amides is 2. The fourth-order valence-electron chi connectivity index (χ4n) is 2.10. The summed E-state index contributed by atoms with van der Waals surface area (Å²) < 4.78 is 0.665. The van der Waals surface area contributed by atoms with E-state index in [1.54, 1.807) is 38.1 Å². The fraction of sp³-hybridized carbons (Fsp3) is 0.357. The Hall–Kier alpha value is -1.49. The average Bonchev–Trinajstić information content (AvgIpc) is 2.52. The molecule has 19 heavy (non-hydrogen) atoms. The van der Waals surface area contributed by atoms with Crippen LogP contribution in [0.3, 0.4) is 0 Å². The molecule has 1 aromatic carbocycles. The summed E-state index contributed by atoms with van der Waals surface area (Å²) in [5, 5.41) is 0. The second kappa shape index (κ2) is 4.89. The number of likely N-dealkylation sites (tertiary alicyclic amines) is 1. The van der Waals surface area contributed by atoms with Crippen LogP contribution in [0, 0.1) is 5.41 Å². The molecule has 5 heteroatoms. The van der Waals surface area contributed by atoms with Crippen molar-refractivity contribution < 1.29 is 14.4 Å². The van der Waals surface area contributed by atoms with Gasteiger partial charge >= 0.3 is 0 Å². The average molecular weight is 324 g/mol. The largest absolute Gasteiger partial charge is 0.292 e. The molecular formula is C14H14BrNO3. The van der Waals surface area contributed by atoms with Crippen LogP contribution in [0.4, 0.5) is 0 Å². The van der Waals surface area contributed by atoms with E-state index in [1.807, 2.05) is 0 Å². The minimum absolute atomic E-state index is 0.162. The molecule has 0 aromatic heterocycles. The number of hydrogen-bond acceptors (Lipinski definition) is 3. The first-order valence-corrected chi connectivity index (χ1v) is 6.75. The van der Waals surface area contributed by atoms with E-state index in [9.17, 15) is 14.4 Å². The van der Waals surface area contributed by atoms with Gasteiger partial charge in [0.2, 0.25) is 11.8 Å². The van der Waals surface area contributed by atoms with E-state index < -0.39 is 5.41 Å². The van der Waals surface area contributed by atoms with Crippen molar-refractivity contribution >= 4 is 33.5 Å². The van der Waals surface area contributed by atoms with E-state index in [-0.39, 0.29) is 30.6 Å². The molecule has 1 aromatic rings. The predicted octanol–water partition coefficient (Wildman–Crippen LogP) is 2.42. The molecule has 0 aliphatic carbocycles. The van der Waals surface area contributed by atoms with Gasteiger partial charge in [-0.3, -0.25) is 19.3 Å². The Bertz CT molecular complexity index is 566. The van der Waals surface area contributed by atoms with Crippen molar-refractivity contribution in [3.63, 3.8) is 0 Å². The number of Topliss-reactive ketones (excluding diaryl/α,β-unsaturated/α-hetero) is 1. The Morgan fingerprint density at radius 1 is 1.32 bits per heavy atom.